The maximum absolute atomic E-state index is 5.80. The van der Waals surface area contributed by atoms with Crippen LogP contribution in [0.4, 0.5) is 0 Å². The highest BCUT2D eigenvalue weighted by Gasteiger charge is 2.16. The summed E-state index contributed by atoms with van der Waals surface area (Å²) in [6.45, 7) is 0. The Kier molecular flexibility index (Phi) is 6.28. The van der Waals surface area contributed by atoms with Gasteiger partial charge in [-0.25, -0.2) is 4.99 Å². The second-order valence-electron chi connectivity index (χ2n) is 8.42. The Hall–Kier alpha value is -4.25. The quantitative estimate of drug-likeness (QED) is 0.128. The van der Waals surface area contributed by atoms with Crippen molar-refractivity contribution in [3.8, 4) is 33.4 Å². The minimum absolute atomic E-state index is 0.932. The van der Waals surface area contributed by atoms with Crippen LogP contribution in [0.3, 0.4) is 0 Å². The fraction of sp³-hybridized carbons (Fsp3) is 0. The molecule has 6 rings (SSSR count). The van der Waals surface area contributed by atoms with E-state index in [9.17, 15) is 0 Å². The van der Waals surface area contributed by atoms with Crippen LogP contribution >= 0.6 is 12.0 Å². The lowest BCUT2D eigenvalue weighted by Gasteiger charge is -2.09. The minimum Gasteiger partial charge on any atom is -0.227 e. The second kappa shape index (κ2) is 10.2. The van der Waals surface area contributed by atoms with Crippen molar-refractivity contribution in [2.24, 2.45) is 0 Å². The smallest absolute Gasteiger partial charge is 0.0912 e. The average Bonchev–Trinajstić information content (AvgIpc) is 3.32. The molecule has 0 atom stereocenters. The van der Waals surface area contributed by atoms with E-state index >= 15 is 0 Å². The molecule has 36 heavy (non-hydrogen) atoms. The summed E-state index contributed by atoms with van der Waals surface area (Å²) in [4.78, 5) is 6.76. The van der Waals surface area contributed by atoms with Gasteiger partial charge in [-0.3, -0.25) is 0 Å². The Morgan fingerprint density at radius 2 is 1.11 bits per heavy atom. The fourth-order valence-electron chi connectivity index (χ4n) is 4.44. The Morgan fingerprint density at radius 3 is 1.83 bits per heavy atom. The van der Waals surface area contributed by atoms with Crippen molar-refractivity contribution < 1.29 is 9.32 Å². The van der Waals surface area contributed by atoms with E-state index < -0.39 is 0 Å². The molecule has 0 radical (unpaired) electrons. The van der Waals surface area contributed by atoms with E-state index in [1.807, 2.05) is 48.7 Å². The van der Waals surface area contributed by atoms with Crippen LogP contribution in [0.15, 0.2) is 145 Å². The Bertz CT molecular complexity index is 1600. The van der Waals surface area contributed by atoms with E-state index in [2.05, 4.69) is 91.0 Å². The molecular formula is C32H23NO2S. The molecule has 174 valence electrons. The molecule has 0 spiro atoms. The van der Waals surface area contributed by atoms with Crippen LogP contribution in [0.2, 0.25) is 0 Å². The third kappa shape index (κ3) is 4.52. The van der Waals surface area contributed by atoms with Gasteiger partial charge in [-0.05, 0) is 52.1 Å². The number of rotatable bonds is 7. The molecule has 0 saturated carbocycles. The van der Waals surface area contributed by atoms with Gasteiger partial charge in [-0.2, -0.15) is 4.73 Å². The lowest BCUT2D eigenvalue weighted by molar-refractivity contribution is -0.188. The van der Waals surface area contributed by atoms with Gasteiger partial charge >= 0.3 is 0 Å². The third-order valence-corrected chi connectivity index (χ3v) is 6.76. The Labute approximate surface area is 214 Å². The van der Waals surface area contributed by atoms with Crippen molar-refractivity contribution in [2.45, 2.75) is 4.90 Å². The molecule has 0 N–H and O–H groups in total. The van der Waals surface area contributed by atoms with Gasteiger partial charge in [0, 0.05) is 15.8 Å². The highest BCUT2D eigenvalue weighted by Crippen LogP contribution is 2.38. The van der Waals surface area contributed by atoms with Gasteiger partial charge in [0.2, 0.25) is 0 Å². The van der Waals surface area contributed by atoms with E-state index in [0.717, 1.165) is 32.5 Å². The lowest BCUT2D eigenvalue weighted by Crippen LogP contribution is -2.06. The third-order valence-electron chi connectivity index (χ3n) is 6.16. The topological polar surface area (TPSA) is 23.4 Å². The largest absolute Gasteiger partial charge is 0.227 e. The number of benzene rings is 5. The van der Waals surface area contributed by atoms with Crippen molar-refractivity contribution in [1.29, 1.82) is 0 Å². The Balaban J connectivity index is 1.46. The highest BCUT2D eigenvalue weighted by atomic mass is 32.2. The normalized spacial score (nSPS) is 11.0. The molecule has 0 bridgehead atoms. The van der Waals surface area contributed by atoms with Gasteiger partial charge in [-0.15, -0.1) is 0 Å². The predicted octanol–water partition coefficient (Wildman–Crippen LogP) is 8.71. The van der Waals surface area contributed by atoms with Crippen molar-refractivity contribution in [3.63, 3.8) is 0 Å². The molecule has 4 heteroatoms. The zero-order valence-electron chi connectivity index (χ0n) is 19.5. The Morgan fingerprint density at radius 1 is 0.500 bits per heavy atom. The molecule has 6 aromatic rings. The van der Waals surface area contributed by atoms with Crippen LogP contribution in [-0.2, 0) is 4.33 Å². The maximum Gasteiger partial charge on any atom is 0.0912 e. The van der Waals surface area contributed by atoms with E-state index in [-0.39, 0.29) is 0 Å². The summed E-state index contributed by atoms with van der Waals surface area (Å²) in [6, 6.07) is 45.7. The fourth-order valence-corrected chi connectivity index (χ4v) is 4.88. The first-order chi connectivity index (χ1) is 17.9. The molecule has 1 heterocycles. The zero-order valence-corrected chi connectivity index (χ0v) is 20.3. The zero-order chi connectivity index (χ0) is 24.2. The molecule has 3 nitrogen and oxygen atoms in total. The first-order valence-corrected chi connectivity index (χ1v) is 12.5. The van der Waals surface area contributed by atoms with E-state index in [1.165, 1.54) is 28.7 Å². The van der Waals surface area contributed by atoms with Crippen LogP contribution < -0.4 is 4.99 Å². The monoisotopic (exact) mass is 485 g/mol. The summed E-state index contributed by atoms with van der Waals surface area (Å²) in [5, 5.41) is 1.09. The number of nitrogens with zero attached hydrogens (tertiary/aromatic N) is 1. The first-order valence-electron chi connectivity index (χ1n) is 11.8. The molecule has 5 aromatic carbocycles. The van der Waals surface area contributed by atoms with Crippen molar-refractivity contribution in [1.82, 2.24) is 4.73 Å². The summed E-state index contributed by atoms with van der Waals surface area (Å²) in [5.41, 5.74) is 7.81. The number of aromatic nitrogens is 1. The van der Waals surface area contributed by atoms with Gasteiger partial charge in [-0.1, -0.05) is 114 Å². The summed E-state index contributed by atoms with van der Waals surface area (Å²) >= 11 is 1.19. The molecule has 0 fully saturated rings. The average molecular weight is 486 g/mol. The maximum atomic E-state index is 5.80. The highest BCUT2D eigenvalue weighted by molar-refractivity contribution is 7.94. The first kappa shape index (κ1) is 22.2. The van der Waals surface area contributed by atoms with Crippen LogP contribution in [0.5, 0.6) is 0 Å². The second-order valence-corrected chi connectivity index (χ2v) is 9.19. The van der Waals surface area contributed by atoms with Gasteiger partial charge in [0.05, 0.1) is 23.8 Å². The molecular weight excluding hydrogens is 462 g/mol. The molecule has 0 amide bonds. The SMILES string of the molecule is c1ccc(SOOn2cc(-c3ccccc3-c3ccccc3)c3cc(-c4ccccc4)ccc32)cc1. The summed E-state index contributed by atoms with van der Waals surface area (Å²) in [5.74, 6) is 0. The number of hydrogen-bond donors (Lipinski definition) is 0. The van der Waals surface area contributed by atoms with Crippen LogP contribution in [0.25, 0.3) is 44.3 Å². The summed E-state index contributed by atoms with van der Waals surface area (Å²) in [7, 11) is 0. The van der Waals surface area contributed by atoms with Crippen molar-refractivity contribution in [2.75, 3.05) is 0 Å². The molecule has 0 aliphatic rings. The van der Waals surface area contributed by atoms with Crippen LogP contribution in [0.1, 0.15) is 0 Å². The van der Waals surface area contributed by atoms with E-state index in [1.54, 1.807) is 4.73 Å². The molecule has 0 aliphatic carbocycles. The minimum atomic E-state index is 0.932. The van der Waals surface area contributed by atoms with Crippen LogP contribution in [0, 0.1) is 0 Å². The summed E-state index contributed by atoms with van der Waals surface area (Å²) < 4.78 is 7.28. The molecule has 0 unspecified atom stereocenters. The molecule has 1 aromatic heterocycles. The van der Waals surface area contributed by atoms with E-state index in [4.69, 9.17) is 9.32 Å². The standard InChI is InChI=1S/C32H23NO2S/c1-4-12-24(13-5-1)26-20-21-32-30(22-26)31(23-33(32)34-35-36-27-16-8-3-9-17-27)29-19-11-10-18-28(29)25-14-6-2-7-15-25/h1-23H. The van der Waals surface area contributed by atoms with Crippen molar-refractivity contribution >= 4 is 22.9 Å². The van der Waals surface area contributed by atoms with E-state index in [0.29, 0.717) is 0 Å². The molecule has 0 saturated heterocycles. The van der Waals surface area contributed by atoms with Gasteiger partial charge in [0.25, 0.3) is 0 Å². The van der Waals surface area contributed by atoms with Gasteiger partial charge in [0.15, 0.2) is 0 Å². The number of fused-ring (bicyclic) bond motifs is 1. The predicted molar refractivity (Wildman–Crippen MR) is 148 cm³/mol. The van der Waals surface area contributed by atoms with Crippen LogP contribution in [-0.4, -0.2) is 4.73 Å². The van der Waals surface area contributed by atoms with Gasteiger partial charge < -0.3 is 0 Å². The number of hydrogen-bond acceptors (Lipinski definition) is 3. The lowest BCUT2D eigenvalue weighted by atomic mass is 9.93. The molecule has 0 aliphatic heterocycles. The van der Waals surface area contributed by atoms with Gasteiger partial charge in [0.1, 0.15) is 0 Å². The van der Waals surface area contributed by atoms with Crippen molar-refractivity contribution in [3.05, 3.63) is 140 Å². The summed E-state index contributed by atoms with van der Waals surface area (Å²) in [6.07, 6.45) is 2.01.